The van der Waals surface area contributed by atoms with Crippen LogP contribution < -0.4 is 5.56 Å². The molecule has 2 aromatic carbocycles. The molecule has 2 heterocycles. The van der Waals surface area contributed by atoms with Crippen molar-refractivity contribution in [1.29, 1.82) is 0 Å². The Bertz CT molecular complexity index is 1230. The fourth-order valence-corrected chi connectivity index (χ4v) is 3.56. The number of aryl methyl sites for hydroxylation is 2. The molecule has 4 aromatic rings. The van der Waals surface area contributed by atoms with Crippen LogP contribution in [0.4, 0.5) is 0 Å². The largest absolute Gasteiger partial charge is 0.302 e. The second kappa shape index (κ2) is 8.82. The number of hydrogen-bond acceptors (Lipinski definition) is 4. The van der Waals surface area contributed by atoms with Gasteiger partial charge in [0.2, 0.25) is 0 Å². The van der Waals surface area contributed by atoms with Crippen molar-refractivity contribution in [2.45, 2.75) is 25.7 Å². The van der Waals surface area contributed by atoms with Crippen LogP contribution in [0.2, 0.25) is 0 Å². The lowest BCUT2D eigenvalue weighted by atomic mass is 9.99. The van der Waals surface area contributed by atoms with Crippen molar-refractivity contribution >= 4 is 16.7 Å². The molecule has 0 saturated heterocycles. The summed E-state index contributed by atoms with van der Waals surface area (Å²) in [5.74, 6) is 0.242. The number of Topliss-reactive ketones (excluding diaryl/α,β-unsaturated/α-hetero) is 1. The van der Waals surface area contributed by atoms with Gasteiger partial charge in [-0.2, -0.15) is 0 Å². The summed E-state index contributed by atoms with van der Waals surface area (Å²) < 4.78 is 1.49. The highest BCUT2D eigenvalue weighted by Crippen LogP contribution is 2.23. The first-order chi connectivity index (χ1) is 14.6. The smallest absolute Gasteiger partial charge is 0.260 e. The minimum Gasteiger partial charge on any atom is -0.302 e. The van der Waals surface area contributed by atoms with E-state index in [2.05, 4.69) is 34.2 Å². The summed E-state index contributed by atoms with van der Waals surface area (Å²) in [6.07, 6.45) is 7.71. The summed E-state index contributed by atoms with van der Waals surface area (Å²) >= 11 is 0. The van der Waals surface area contributed by atoms with Gasteiger partial charge in [-0.1, -0.05) is 36.4 Å². The summed E-state index contributed by atoms with van der Waals surface area (Å²) in [5.41, 5.74) is 4.87. The van der Waals surface area contributed by atoms with E-state index < -0.39 is 0 Å². The number of hydrogen-bond donors (Lipinski definition) is 0. The standard InChI is InChI=1S/C25H23N3O2/c1-28-17-27-24-12-11-21(15-23(24)25(28)30)20-9-7-18(8-10-20)4-2-6-22(29)14-19-5-3-13-26-16-19/h3,5,7-13,15-17H,2,4,6,14H2,1H3. The number of fused-ring (bicyclic) bond motifs is 1. The first kappa shape index (κ1) is 19.7. The molecule has 0 aliphatic rings. The minimum atomic E-state index is -0.0468. The van der Waals surface area contributed by atoms with Gasteiger partial charge in [-0.05, 0) is 53.3 Å². The number of pyridine rings is 1. The summed E-state index contributed by atoms with van der Waals surface area (Å²) in [7, 11) is 1.71. The Labute approximate surface area is 175 Å². The number of rotatable bonds is 7. The lowest BCUT2D eigenvalue weighted by Gasteiger charge is -2.07. The second-order valence-corrected chi connectivity index (χ2v) is 7.52. The number of nitrogens with zero attached hydrogens (tertiary/aromatic N) is 3. The summed E-state index contributed by atoms with van der Waals surface area (Å²) in [6.45, 7) is 0. The fraction of sp³-hybridized carbons (Fsp3) is 0.200. The molecular formula is C25H23N3O2. The zero-order valence-electron chi connectivity index (χ0n) is 16.9. The van der Waals surface area contributed by atoms with Crippen molar-refractivity contribution in [2.24, 2.45) is 7.05 Å². The second-order valence-electron chi connectivity index (χ2n) is 7.52. The average molecular weight is 397 g/mol. The van der Waals surface area contributed by atoms with Gasteiger partial charge >= 0.3 is 0 Å². The molecule has 0 N–H and O–H groups in total. The van der Waals surface area contributed by atoms with E-state index in [0.717, 1.165) is 29.5 Å². The van der Waals surface area contributed by atoms with Crippen LogP contribution in [0.25, 0.3) is 22.0 Å². The third-order valence-electron chi connectivity index (χ3n) is 5.25. The van der Waals surface area contributed by atoms with E-state index in [1.54, 1.807) is 25.8 Å². The number of carbonyl (C=O) groups is 1. The Morgan fingerprint density at radius 1 is 1.00 bits per heavy atom. The maximum atomic E-state index is 12.3. The first-order valence-corrected chi connectivity index (χ1v) is 10.1. The van der Waals surface area contributed by atoms with Gasteiger partial charge in [0.25, 0.3) is 5.56 Å². The van der Waals surface area contributed by atoms with Gasteiger partial charge in [-0.3, -0.25) is 14.6 Å². The van der Waals surface area contributed by atoms with Crippen molar-refractivity contribution in [3.63, 3.8) is 0 Å². The van der Waals surface area contributed by atoms with Crippen LogP contribution in [0.5, 0.6) is 0 Å². The number of carbonyl (C=O) groups excluding carboxylic acids is 1. The molecule has 0 unspecified atom stereocenters. The molecule has 0 bridgehead atoms. The maximum absolute atomic E-state index is 12.3. The van der Waals surface area contributed by atoms with E-state index in [9.17, 15) is 9.59 Å². The predicted octanol–water partition coefficient (Wildman–Crippen LogP) is 4.13. The number of benzene rings is 2. The van der Waals surface area contributed by atoms with Crippen molar-refractivity contribution in [3.8, 4) is 11.1 Å². The van der Waals surface area contributed by atoms with Crippen LogP contribution in [0.15, 0.2) is 78.1 Å². The molecule has 4 rings (SSSR count). The Kier molecular flexibility index (Phi) is 5.80. The van der Waals surface area contributed by atoms with Crippen molar-refractivity contribution < 1.29 is 4.79 Å². The SMILES string of the molecule is Cn1cnc2ccc(-c3ccc(CCCC(=O)Cc4cccnc4)cc3)cc2c1=O. The molecule has 5 nitrogen and oxygen atoms in total. The lowest BCUT2D eigenvalue weighted by molar-refractivity contribution is -0.118. The van der Waals surface area contributed by atoms with Gasteiger partial charge < -0.3 is 4.57 Å². The molecule has 0 atom stereocenters. The van der Waals surface area contributed by atoms with E-state index in [1.165, 1.54) is 10.1 Å². The Balaban J connectivity index is 1.38. The third-order valence-corrected chi connectivity index (χ3v) is 5.25. The van der Waals surface area contributed by atoms with Crippen LogP contribution in [0.1, 0.15) is 24.0 Å². The average Bonchev–Trinajstić information content (AvgIpc) is 2.77. The van der Waals surface area contributed by atoms with E-state index in [1.807, 2.05) is 30.3 Å². The summed E-state index contributed by atoms with van der Waals surface area (Å²) in [4.78, 5) is 32.8. The predicted molar refractivity (Wildman–Crippen MR) is 118 cm³/mol. The lowest BCUT2D eigenvalue weighted by Crippen LogP contribution is -2.16. The number of aromatic nitrogens is 3. The highest BCUT2D eigenvalue weighted by atomic mass is 16.1. The van der Waals surface area contributed by atoms with Gasteiger partial charge in [0.05, 0.1) is 17.2 Å². The van der Waals surface area contributed by atoms with E-state index in [4.69, 9.17) is 0 Å². The Morgan fingerprint density at radius 2 is 1.80 bits per heavy atom. The molecule has 30 heavy (non-hydrogen) atoms. The summed E-state index contributed by atoms with van der Waals surface area (Å²) in [5, 5.41) is 0.619. The minimum absolute atomic E-state index is 0.0468. The monoisotopic (exact) mass is 397 g/mol. The molecular weight excluding hydrogens is 374 g/mol. The molecule has 2 aromatic heterocycles. The van der Waals surface area contributed by atoms with Crippen LogP contribution in [-0.4, -0.2) is 20.3 Å². The third kappa shape index (κ3) is 4.51. The molecule has 0 radical (unpaired) electrons. The van der Waals surface area contributed by atoms with E-state index in [0.29, 0.717) is 23.7 Å². The van der Waals surface area contributed by atoms with Crippen molar-refractivity contribution in [2.75, 3.05) is 0 Å². The topological polar surface area (TPSA) is 64.8 Å². The van der Waals surface area contributed by atoms with Crippen LogP contribution >= 0.6 is 0 Å². The van der Waals surface area contributed by atoms with Gasteiger partial charge in [-0.15, -0.1) is 0 Å². The quantitative estimate of drug-likeness (QED) is 0.470. The Morgan fingerprint density at radius 3 is 2.57 bits per heavy atom. The summed E-state index contributed by atoms with van der Waals surface area (Å²) in [6, 6.07) is 17.9. The van der Waals surface area contributed by atoms with Gasteiger partial charge in [0, 0.05) is 32.3 Å². The molecule has 5 heteroatoms. The molecule has 150 valence electrons. The molecule has 0 amide bonds. The maximum Gasteiger partial charge on any atom is 0.260 e. The van der Waals surface area contributed by atoms with Gasteiger partial charge in [0.15, 0.2) is 0 Å². The molecule has 0 fully saturated rings. The normalized spacial score (nSPS) is 11.0. The van der Waals surface area contributed by atoms with Gasteiger partial charge in [0.1, 0.15) is 5.78 Å². The fourth-order valence-electron chi connectivity index (χ4n) is 3.56. The highest BCUT2D eigenvalue weighted by molar-refractivity contribution is 5.83. The molecule has 0 aliphatic carbocycles. The van der Waals surface area contributed by atoms with Gasteiger partial charge in [-0.25, -0.2) is 4.98 Å². The molecule has 0 spiro atoms. The first-order valence-electron chi connectivity index (χ1n) is 10.1. The van der Waals surface area contributed by atoms with Crippen molar-refractivity contribution in [1.82, 2.24) is 14.5 Å². The van der Waals surface area contributed by atoms with Crippen LogP contribution in [-0.2, 0) is 24.7 Å². The van der Waals surface area contributed by atoms with Crippen molar-refractivity contribution in [3.05, 3.63) is 94.8 Å². The zero-order valence-corrected chi connectivity index (χ0v) is 16.9. The van der Waals surface area contributed by atoms with E-state index >= 15 is 0 Å². The highest BCUT2D eigenvalue weighted by Gasteiger charge is 2.07. The molecule has 0 saturated carbocycles. The number of ketones is 1. The Hall–Kier alpha value is -3.60. The van der Waals surface area contributed by atoms with Crippen LogP contribution in [0, 0.1) is 0 Å². The zero-order chi connectivity index (χ0) is 20.9. The molecule has 0 aliphatic heterocycles. The van der Waals surface area contributed by atoms with Crippen LogP contribution in [0.3, 0.4) is 0 Å². The van der Waals surface area contributed by atoms with E-state index in [-0.39, 0.29) is 11.3 Å².